The summed E-state index contributed by atoms with van der Waals surface area (Å²) in [7, 11) is 1.65. The van der Waals surface area contributed by atoms with Crippen molar-refractivity contribution in [2.75, 3.05) is 20.3 Å². The minimum Gasteiger partial charge on any atom is -0.385 e. The molecule has 1 amide bonds. The maximum atomic E-state index is 12.5. The van der Waals surface area contributed by atoms with Gasteiger partial charge in [-0.2, -0.15) is 11.3 Å². The summed E-state index contributed by atoms with van der Waals surface area (Å²) in [4.78, 5) is 17.0. The van der Waals surface area contributed by atoms with Crippen LogP contribution in [-0.4, -0.2) is 35.6 Å². The van der Waals surface area contributed by atoms with E-state index in [0.717, 1.165) is 23.3 Å². The molecule has 0 saturated carbocycles. The van der Waals surface area contributed by atoms with Gasteiger partial charge in [-0.15, -0.1) is 0 Å². The van der Waals surface area contributed by atoms with Crippen LogP contribution >= 0.6 is 11.3 Å². The van der Waals surface area contributed by atoms with Crippen LogP contribution in [0.3, 0.4) is 0 Å². The number of ether oxygens (including phenoxy) is 1. The molecule has 22 heavy (non-hydrogen) atoms. The van der Waals surface area contributed by atoms with Crippen LogP contribution in [0.15, 0.2) is 41.2 Å². The minimum atomic E-state index is -0.152. The summed E-state index contributed by atoms with van der Waals surface area (Å²) in [6.45, 7) is 1.20. The Morgan fingerprint density at radius 1 is 1.41 bits per heavy atom. The third kappa shape index (κ3) is 2.88. The molecule has 0 saturated heterocycles. The number of thiophene rings is 1. The van der Waals surface area contributed by atoms with E-state index in [2.05, 4.69) is 10.3 Å². The topological polar surface area (TPSA) is 55.6 Å². The fraction of sp³-hybridized carbons (Fsp3) is 0.250. The molecule has 5 nitrogen and oxygen atoms in total. The molecule has 0 unspecified atom stereocenters. The van der Waals surface area contributed by atoms with Gasteiger partial charge in [-0.05, 0) is 30.0 Å². The Morgan fingerprint density at radius 3 is 3.09 bits per heavy atom. The molecule has 0 aliphatic rings. The van der Waals surface area contributed by atoms with Gasteiger partial charge in [0.1, 0.15) is 5.65 Å². The summed E-state index contributed by atoms with van der Waals surface area (Å²) in [5.74, 6) is -0.152. The van der Waals surface area contributed by atoms with Gasteiger partial charge in [-0.25, -0.2) is 4.98 Å². The maximum absolute atomic E-state index is 12.5. The van der Waals surface area contributed by atoms with Crippen LogP contribution < -0.4 is 5.32 Å². The Balaban J connectivity index is 1.95. The highest BCUT2D eigenvalue weighted by molar-refractivity contribution is 7.08. The molecule has 114 valence electrons. The molecule has 0 fully saturated rings. The van der Waals surface area contributed by atoms with Crippen LogP contribution in [0.1, 0.15) is 16.9 Å². The molecule has 1 N–H and O–H groups in total. The SMILES string of the molecule is COCCCNC(=O)c1nc2ccccn2c1-c1ccsc1. The number of carbonyl (C=O) groups excluding carboxylic acids is 1. The Morgan fingerprint density at radius 2 is 2.32 bits per heavy atom. The molecule has 0 atom stereocenters. The summed E-state index contributed by atoms with van der Waals surface area (Å²) in [6.07, 6.45) is 2.71. The lowest BCUT2D eigenvalue weighted by molar-refractivity contribution is 0.0945. The minimum absolute atomic E-state index is 0.152. The average molecular weight is 315 g/mol. The number of nitrogens with one attached hydrogen (secondary N) is 1. The fourth-order valence-corrected chi connectivity index (χ4v) is 2.97. The quantitative estimate of drug-likeness (QED) is 0.712. The second kappa shape index (κ2) is 6.72. The molecule has 3 aromatic heterocycles. The number of hydrogen-bond acceptors (Lipinski definition) is 4. The van der Waals surface area contributed by atoms with Crippen LogP contribution in [0, 0.1) is 0 Å². The molecular weight excluding hydrogens is 298 g/mol. The van der Waals surface area contributed by atoms with Crippen molar-refractivity contribution in [2.45, 2.75) is 6.42 Å². The highest BCUT2D eigenvalue weighted by Crippen LogP contribution is 2.27. The first kappa shape index (κ1) is 14.7. The number of aromatic nitrogens is 2. The monoisotopic (exact) mass is 315 g/mol. The van der Waals surface area contributed by atoms with Crippen LogP contribution in [0.5, 0.6) is 0 Å². The smallest absolute Gasteiger partial charge is 0.272 e. The van der Waals surface area contributed by atoms with Crippen molar-refractivity contribution in [1.82, 2.24) is 14.7 Å². The number of carbonyl (C=O) groups is 1. The summed E-state index contributed by atoms with van der Waals surface area (Å²) in [6, 6.07) is 7.76. The Kier molecular flexibility index (Phi) is 4.50. The standard InChI is InChI=1S/C16H17N3O2S/c1-21-9-4-7-17-16(20)14-15(12-6-10-22-11-12)19-8-3-2-5-13(19)18-14/h2-3,5-6,8,10-11H,4,7,9H2,1H3,(H,17,20). The zero-order valence-corrected chi connectivity index (χ0v) is 13.1. The molecule has 0 radical (unpaired) electrons. The molecule has 0 aliphatic heterocycles. The Hall–Kier alpha value is -2.18. The zero-order valence-electron chi connectivity index (χ0n) is 12.3. The van der Waals surface area contributed by atoms with Gasteiger partial charge in [-0.3, -0.25) is 9.20 Å². The molecule has 6 heteroatoms. The number of amides is 1. The molecule has 3 rings (SSSR count). The van der Waals surface area contributed by atoms with Gasteiger partial charge in [0, 0.05) is 37.4 Å². The van der Waals surface area contributed by atoms with Crippen LogP contribution in [-0.2, 0) is 4.74 Å². The molecule has 0 bridgehead atoms. The van der Waals surface area contributed by atoms with E-state index < -0.39 is 0 Å². The molecule has 0 spiro atoms. The highest BCUT2D eigenvalue weighted by atomic mass is 32.1. The van der Waals surface area contributed by atoms with Crippen molar-refractivity contribution >= 4 is 22.9 Å². The van der Waals surface area contributed by atoms with E-state index >= 15 is 0 Å². The van der Waals surface area contributed by atoms with E-state index in [9.17, 15) is 4.79 Å². The average Bonchev–Trinajstić information content (AvgIpc) is 3.17. The predicted molar refractivity (Wildman–Crippen MR) is 87.3 cm³/mol. The van der Waals surface area contributed by atoms with Crippen molar-refractivity contribution < 1.29 is 9.53 Å². The first-order valence-electron chi connectivity index (χ1n) is 7.08. The van der Waals surface area contributed by atoms with Crippen molar-refractivity contribution in [1.29, 1.82) is 0 Å². The second-order valence-electron chi connectivity index (χ2n) is 4.85. The van der Waals surface area contributed by atoms with Crippen molar-refractivity contribution in [3.8, 4) is 11.3 Å². The summed E-state index contributed by atoms with van der Waals surface area (Å²) < 4.78 is 6.94. The zero-order chi connectivity index (χ0) is 15.4. The van der Waals surface area contributed by atoms with Gasteiger partial charge in [-0.1, -0.05) is 6.07 Å². The molecule has 0 aromatic carbocycles. The van der Waals surface area contributed by atoms with E-state index in [1.54, 1.807) is 18.4 Å². The first-order valence-corrected chi connectivity index (χ1v) is 8.02. The third-order valence-electron chi connectivity index (χ3n) is 3.35. The lowest BCUT2D eigenvalue weighted by atomic mass is 10.2. The molecular formula is C16H17N3O2S. The molecule has 3 aromatic rings. The van der Waals surface area contributed by atoms with E-state index in [4.69, 9.17) is 4.74 Å². The molecule has 3 heterocycles. The van der Waals surface area contributed by atoms with E-state index in [1.807, 2.05) is 45.6 Å². The van der Waals surface area contributed by atoms with E-state index in [1.165, 1.54) is 0 Å². The number of hydrogen-bond donors (Lipinski definition) is 1. The number of pyridine rings is 1. The predicted octanol–water partition coefficient (Wildman–Crippen LogP) is 2.83. The summed E-state index contributed by atoms with van der Waals surface area (Å²) in [5.41, 5.74) is 3.07. The van der Waals surface area contributed by atoms with Gasteiger partial charge in [0.25, 0.3) is 5.91 Å². The van der Waals surface area contributed by atoms with Gasteiger partial charge < -0.3 is 10.1 Å². The van der Waals surface area contributed by atoms with Gasteiger partial charge in [0.15, 0.2) is 5.69 Å². The lowest BCUT2D eigenvalue weighted by Crippen LogP contribution is -2.26. The van der Waals surface area contributed by atoms with Gasteiger partial charge >= 0.3 is 0 Å². The van der Waals surface area contributed by atoms with Gasteiger partial charge in [0.2, 0.25) is 0 Å². The lowest BCUT2D eigenvalue weighted by Gasteiger charge is -2.05. The van der Waals surface area contributed by atoms with E-state index in [-0.39, 0.29) is 5.91 Å². The number of methoxy groups -OCH3 is 1. The maximum Gasteiger partial charge on any atom is 0.272 e. The Labute approximate surface area is 132 Å². The highest BCUT2D eigenvalue weighted by Gasteiger charge is 2.20. The first-order chi connectivity index (χ1) is 10.8. The number of rotatable bonds is 6. The largest absolute Gasteiger partial charge is 0.385 e. The van der Waals surface area contributed by atoms with Crippen molar-refractivity contribution in [3.63, 3.8) is 0 Å². The number of nitrogens with zero attached hydrogens (tertiary/aromatic N) is 2. The van der Waals surface area contributed by atoms with Crippen LogP contribution in [0.2, 0.25) is 0 Å². The number of fused-ring (bicyclic) bond motifs is 1. The second-order valence-corrected chi connectivity index (χ2v) is 5.63. The van der Waals surface area contributed by atoms with E-state index in [0.29, 0.717) is 18.8 Å². The van der Waals surface area contributed by atoms with Crippen LogP contribution in [0.4, 0.5) is 0 Å². The van der Waals surface area contributed by atoms with Crippen molar-refractivity contribution in [2.24, 2.45) is 0 Å². The Bertz CT molecular complexity index is 765. The summed E-state index contributed by atoms with van der Waals surface area (Å²) in [5, 5.41) is 6.93. The molecule has 0 aliphatic carbocycles. The van der Waals surface area contributed by atoms with Crippen molar-refractivity contribution in [3.05, 3.63) is 46.9 Å². The van der Waals surface area contributed by atoms with Gasteiger partial charge in [0.05, 0.1) is 5.69 Å². The summed E-state index contributed by atoms with van der Waals surface area (Å²) >= 11 is 1.60. The fourth-order valence-electron chi connectivity index (χ4n) is 2.33. The van der Waals surface area contributed by atoms with Crippen LogP contribution in [0.25, 0.3) is 16.9 Å². The normalized spacial score (nSPS) is 11.0. The number of imidazole rings is 1. The third-order valence-corrected chi connectivity index (χ3v) is 4.03.